The molecule has 1 amide bonds. The lowest BCUT2D eigenvalue weighted by Gasteiger charge is -2.17. The highest BCUT2D eigenvalue weighted by Crippen LogP contribution is 2.19. The molecule has 23 heavy (non-hydrogen) atoms. The Kier molecular flexibility index (Phi) is 6.02. The van der Waals surface area contributed by atoms with Crippen molar-refractivity contribution < 1.29 is 19.5 Å². The molecule has 0 atom stereocenters. The van der Waals surface area contributed by atoms with E-state index in [1.807, 2.05) is 30.3 Å². The van der Waals surface area contributed by atoms with E-state index < -0.39 is 5.97 Å². The smallest absolute Gasteiger partial charge is 0.355 e. The molecule has 0 aliphatic rings. The van der Waals surface area contributed by atoms with Crippen molar-refractivity contribution in [3.63, 3.8) is 0 Å². The molecule has 1 aromatic heterocycles. The highest BCUT2D eigenvalue weighted by molar-refractivity contribution is 9.10. The fraction of sp³-hybridized carbons (Fsp3) is 0.0625. The number of carbonyl (C=O) groups is 2. The van der Waals surface area contributed by atoms with Crippen molar-refractivity contribution in [1.82, 2.24) is 10.0 Å². The molecule has 0 saturated carbocycles. The summed E-state index contributed by atoms with van der Waals surface area (Å²) in [6.45, 7) is 0.0711. The lowest BCUT2D eigenvalue weighted by atomic mass is 10.2. The third kappa shape index (κ3) is 4.73. The van der Waals surface area contributed by atoms with Crippen LogP contribution in [0.3, 0.4) is 0 Å². The van der Waals surface area contributed by atoms with Crippen molar-refractivity contribution >= 4 is 34.4 Å². The molecule has 0 radical (unpaired) electrons. The van der Waals surface area contributed by atoms with Gasteiger partial charge in [0.25, 0.3) is 0 Å². The number of carboxylic acid groups (broad SMARTS) is 1. The molecule has 2 aromatic rings. The van der Waals surface area contributed by atoms with Gasteiger partial charge in [-0.2, -0.15) is 5.06 Å². The number of halogens is 1. The molecule has 0 saturated heterocycles. The van der Waals surface area contributed by atoms with E-state index >= 15 is 0 Å². The van der Waals surface area contributed by atoms with Gasteiger partial charge in [0.05, 0.1) is 0 Å². The zero-order chi connectivity index (χ0) is 16.7. The lowest BCUT2D eigenvalue weighted by Crippen LogP contribution is -2.26. The van der Waals surface area contributed by atoms with Gasteiger partial charge in [-0.05, 0) is 39.2 Å². The standard InChI is InChI=1S/C16H13BrN2O4/c17-14-9-18-7-6-13(14)8-15(16(21)22)19(11-20)23-10-12-4-2-1-3-5-12/h1-9,11H,10H2,(H,21,22). The number of carboxylic acids is 1. The molecule has 1 N–H and O–H groups in total. The minimum Gasteiger partial charge on any atom is -0.476 e. The van der Waals surface area contributed by atoms with Gasteiger partial charge in [0.1, 0.15) is 6.61 Å². The van der Waals surface area contributed by atoms with Crippen LogP contribution in [0.5, 0.6) is 0 Å². The Morgan fingerprint density at radius 3 is 2.65 bits per heavy atom. The van der Waals surface area contributed by atoms with Crippen molar-refractivity contribution in [2.24, 2.45) is 0 Å². The average Bonchev–Trinajstić information content (AvgIpc) is 2.56. The molecule has 0 bridgehead atoms. The Morgan fingerprint density at radius 2 is 2.04 bits per heavy atom. The van der Waals surface area contributed by atoms with Gasteiger partial charge in [0.2, 0.25) is 6.41 Å². The second kappa shape index (κ2) is 8.21. The zero-order valence-electron chi connectivity index (χ0n) is 11.9. The summed E-state index contributed by atoms with van der Waals surface area (Å²) in [7, 11) is 0. The van der Waals surface area contributed by atoms with E-state index in [0.29, 0.717) is 21.5 Å². The second-order valence-corrected chi connectivity index (χ2v) is 5.28. The van der Waals surface area contributed by atoms with Gasteiger partial charge < -0.3 is 5.11 Å². The molecule has 0 spiro atoms. The van der Waals surface area contributed by atoms with Crippen LogP contribution in [0.25, 0.3) is 6.08 Å². The maximum absolute atomic E-state index is 11.4. The Hall–Kier alpha value is -2.51. The molecule has 0 fully saturated rings. The maximum atomic E-state index is 11.4. The summed E-state index contributed by atoms with van der Waals surface area (Å²) in [5.41, 5.74) is 1.07. The minimum absolute atomic E-state index is 0.0711. The van der Waals surface area contributed by atoms with E-state index in [9.17, 15) is 14.7 Å². The largest absolute Gasteiger partial charge is 0.476 e. The van der Waals surface area contributed by atoms with Gasteiger partial charge in [0.15, 0.2) is 5.70 Å². The predicted octanol–water partition coefficient (Wildman–Crippen LogP) is 2.86. The molecule has 1 aromatic carbocycles. The molecule has 1 heterocycles. The third-order valence-electron chi connectivity index (χ3n) is 2.86. The predicted molar refractivity (Wildman–Crippen MR) is 86.7 cm³/mol. The minimum atomic E-state index is -1.28. The van der Waals surface area contributed by atoms with Crippen LogP contribution in [0.4, 0.5) is 0 Å². The number of hydrogen-bond donors (Lipinski definition) is 1. The number of pyridine rings is 1. The second-order valence-electron chi connectivity index (χ2n) is 4.42. The van der Waals surface area contributed by atoms with Gasteiger partial charge in [-0.25, -0.2) is 4.79 Å². The van der Waals surface area contributed by atoms with Crippen molar-refractivity contribution in [2.75, 3.05) is 0 Å². The summed E-state index contributed by atoms with van der Waals surface area (Å²) < 4.78 is 0.604. The number of hydroxylamine groups is 2. The number of rotatable bonds is 7. The number of carbonyl (C=O) groups excluding carboxylic acids is 1. The maximum Gasteiger partial charge on any atom is 0.355 e. The first-order chi connectivity index (χ1) is 11.1. The fourth-order valence-corrected chi connectivity index (χ4v) is 2.11. The average molecular weight is 377 g/mol. The molecule has 118 valence electrons. The Labute approximate surface area is 141 Å². The number of aliphatic carboxylic acids is 1. The van der Waals surface area contributed by atoms with Gasteiger partial charge in [-0.3, -0.25) is 14.6 Å². The van der Waals surface area contributed by atoms with E-state index in [-0.39, 0.29) is 12.3 Å². The zero-order valence-corrected chi connectivity index (χ0v) is 13.5. The Bertz CT molecular complexity index is 719. The summed E-state index contributed by atoms with van der Waals surface area (Å²) >= 11 is 3.27. The summed E-state index contributed by atoms with van der Waals surface area (Å²) in [5.74, 6) is -1.28. The Balaban J connectivity index is 2.22. The van der Waals surface area contributed by atoms with Crippen LogP contribution in [-0.2, 0) is 21.0 Å². The van der Waals surface area contributed by atoms with E-state index in [1.165, 1.54) is 18.5 Å². The summed E-state index contributed by atoms with van der Waals surface area (Å²) in [6.07, 6.45) is 4.69. The van der Waals surface area contributed by atoms with E-state index in [2.05, 4.69) is 20.9 Å². The third-order valence-corrected chi connectivity index (χ3v) is 3.52. The van der Waals surface area contributed by atoms with Crippen molar-refractivity contribution in [2.45, 2.75) is 6.61 Å². The first-order valence-electron chi connectivity index (χ1n) is 6.57. The van der Waals surface area contributed by atoms with Crippen LogP contribution < -0.4 is 0 Å². The fourth-order valence-electron chi connectivity index (χ4n) is 1.74. The molecule has 0 aliphatic heterocycles. The summed E-state index contributed by atoms with van der Waals surface area (Å²) in [4.78, 5) is 31.9. The van der Waals surface area contributed by atoms with E-state index in [1.54, 1.807) is 6.07 Å². The van der Waals surface area contributed by atoms with Crippen molar-refractivity contribution in [3.05, 3.63) is 70.1 Å². The van der Waals surface area contributed by atoms with Crippen LogP contribution in [0, 0.1) is 0 Å². The SMILES string of the molecule is O=CN(OCc1ccccc1)C(=Cc1ccncc1Br)C(=O)O. The van der Waals surface area contributed by atoms with E-state index in [0.717, 1.165) is 5.56 Å². The van der Waals surface area contributed by atoms with Gasteiger partial charge in [0, 0.05) is 16.9 Å². The van der Waals surface area contributed by atoms with Crippen molar-refractivity contribution in [3.8, 4) is 0 Å². The van der Waals surface area contributed by atoms with Crippen LogP contribution in [0.15, 0.2) is 59.0 Å². The molecule has 0 unspecified atom stereocenters. The van der Waals surface area contributed by atoms with Crippen LogP contribution >= 0.6 is 15.9 Å². The first kappa shape index (κ1) is 16.9. The lowest BCUT2D eigenvalue weighted by molar-refractivity contribution is -0.171. The molecular weight excluding hydrogens is 364 g/mol. The first-order valence-corrected chi connectivity index (χ1v) is 7.37. The number of amides is 1. The number of aromatic nitrogens is 1. The topological polar surface area (TPSA) is 79.7 Å². The van der Waals surface area contributed by atoms with Gasteiger partial charge >= 0.3 is 5.97 Å². The van der Waals surface area contributed by atoms with Crippen molar-refractivity contribution in [1.29, 1.82) is 0 Å². The number of benzene rings is 1. The molecule has 0 aliphatic carbocycles. The quantitative estimate of drug-likeness (QED) is 0.456. The summed E-state index contributed by atoms with van der Waals surface area (Å²) in [5, 5.41) is 10.0. The Morgan fingerprint density at radius 1 is 1.30 bits per heavy atom. The normalized spacial score (nSPS) is 11.1. The van der Waals surface area contributed by atoms with Crippen LogP contribution in [-0.4, -0.2) is 27.5 Å². The number of hydrogen-bond acceptors (Lipinski definition) is 4. The number of nitrogens with zero attached hydrogens (tertiary/aromatic N) is 2. The molecule has 7 heteroatoms. The van der Waals surface area contributed by atoms with Crippen LogP contribution in [0.1, 0.15) is 11.1 Å². The molecule has 2 rings (SSSR count). The van der Waals surface area contributed by atoms with Crippen LogP contribution in [0.2, 0.25) is 0 Å². The highest BCUT2D eigenvalue weighted by atomic mass is 79.9. The molecular formula is C16H13BrN2O4. The van der Waals surface area contributed by atoms with E-state index in [4.69, 9.17) is 4.84 Å². The summed E-state index contributed by atoms with van der Waals surface area (Å²) in [6, 6.07) is 10.7. The van der Waals surface area contributed by atoms with Gasteiger partial charge in [-0.15, -0.1) is 0 Å². The van der Waals surface area contributed by atoms with Gasteiger partial charge in [-0.1, -0.05) is 30.3 Å². The monoisotopic (exact) mass is 376 g/mol. The molecule has 6 nitrogen and oxygen atoms in total. The highest BCUT2D eigenvalue weighted by Gasteiger charge is 2.18.